The summed E-state index contributed by atoms with van der Waals surface area (Å²) in [6.45, 7) is 2.58. The zero-order valence-electron chi connectivity index (χ0n) is 17.9. The lowest BCUT2D eigenvalue weighted by Gasteiger charge is -2.35. The SMILES string of the molecule is CC(=O)N([C@H](CC(=O)O)c1ccc(O)cc1)N1C(=O)N[C@](C)(c2ccc(C(=N)N)cc2)C1=O. The molecule has 1 aliphatic rings. The Bertz CT molecular complexity index is 1130. The number of nitrogens with two attached hydrogens (primary N) is 1. The normalized spacial score (nSPS) is 18.5. The molecule has 11 heteroatoms. The van der Waals surface area contributed by atoms with E-state index in [1.807, 2.05) is 0 Å². The van der Waals surface area contributed by atoms with Crippen molar-refractivity contribution < 1.29 is 29.4 Å². The number of aromatic hydroxyl groups is 1. The van der Waals surface area contributed by atoms with E-state index in [9.17, 15) is 29.4 Å². The number of nitrogen functional groups attached to an aromatic ring is 1. The van der Waals surface area contributed by atoms with Crippen molar-refractivity contribution in [3.05, 3.63) is 65.2 Å². The molecule has 4 amide bonds. The predicted octanol–water partition coefficient (Wildman–Crippen LogP) is 1.42. The number of hydrogen-bond acceptors (Lipinski definition) is 6. The van der Waals surface area contributed by atoms with Gasteiger partial charge in [-0.2, -0.15) is 5.01 Å². The molecule has 3 rings (SSSR count). The molecule has 33 heavy (non-hydrogen) atoms. The van der Waals surface area contributed by atoms with E-state index in [1.165, 1.54) is 55.5 Å². The van der Waals surface area contributed by atoms with Gasteiger partial charge in [0.1, 0.15) is 17.1 Å². The summed E-state index contributed by atoms with van der Waals surface area (Å²) in [5, 5.41) is 30.5. The van der Waals surface area contributed by atoms with E-state index >= 15 is 0 Å². The molecular weight excluding hydrogens is 430 g/mol. The number of carbonyl (C=O) groups excluding carboxylic acids is 3. The van der Waals surface area contributed by atoms with E-state index in [0.29, 0.717) is 21.7 Å². The molecular formula is C22H23N5O6. The highest BCUT2D eigenvalue weighted by molar-refractivity contribution is 6.08. The van der Waals surface area contributed by atoms with Crippen LogP contribution < -0.4 is 11.1 Å². The number of amidine groups is 1. The van der Waals surface area contributed by atoms with Gasteiger partial charge in [0.2, 0.25) is 5.91 Å². The predicted molar refractivity (Wildman–Crippen MR) is 116 cm³/mol. The molecule has 0 radical (unpaired) electrons. The molecule has 1 heterocycles. The standard InChI is InChI=1S/C22H23N5O6/c1-12(28)26(17(11-18(30)31)13-5-9-16(29)10-6-13)27-20(32)22(2,25-21(27)33)15-7-3-14(4-8-15)19(23)24/h3-10,17,29H,11H2,1-2H3,(H3,23,24)(H,25,33)(H,30,31)/t17-,22-/m1/s1. The lowest BCUT2D eigenvalue weighted by atomic mass is 9.91. The van der Waals surface area contributed by atoms with Gasteiger partial charge in [-0.25, -0.2) is 9.80 Å². The minimum Gasteiger partial charge on any atom is -0.508 e. The van der Waals surface area contributed by atoms with Crippen molar-refractivity contribution in [2.75, 3.05) is 0 Å². The number of hydrazine groups is 1. The van der Waals surface area contributed by atoms with Gasteiger partial charge < -0.3 is 21.3 Å². The van der Waals surface area contributed by atoms with Gasteiger partial charge in [0.25, 0.3) is 5.91 Å². The van der Waals surface area contributed by atoms with Crippen LogP contribution in [0.4, 0.5) is 4.79 Å². The molecule has 0 spiro atoms. The zero-order valence-corrected chi connectivity index (χ0v) is 17.9. The number of nitrogens with zero attached hydrogens (tertiary/aromatic N) is 2. The van der Waals surface area contributed by atoms with Gasteiger partial charge in [0.15, 0.2) is 0 Å². The van der Waals surface area contributed by atoms with E-state index < -0.39 is 41.8 Å². The van der Waals surface area contributed by atoms with Crippen LogP contribution in [0.2, 0.25) is 0 Å². The fourth-order valence-electron chi connectivity index (χ4n) is 3.71. The smallest absolute Gasteiger partial charge is 0.344 e. The lowest BCUT2D eigenvalue weighted by molar-refractivity contribution is -0.162. The van der Waals surface area contributed by atoms with Crippen LogP contribution in [-0.4, -0.2) is 49.9 Å². The molecule has 6 N–H and O–H groups in total. The Balaban J connectivity index is 2.04. The van der Waals surface area contributed by atoms with Crippen molar-refractivity contribution in [3.63, 3.8) is 0 Å². The molecule has 1 fully saturated rings. The van der Waals surface area contributed by atoms with Gasteiger partial charge >= 0.3 is 12.0 Å². The summed E-state index contributed by atoms with van der Waals surface area (Å²) in [6, 6.07) is 9.48. The van der Waals surface area contributed by atoms with Gasteiger partial charge in [0, 0.05) is 12.5 Å². The van der Waals surface area contributed by atoms with E-state index in [2.05, 4.69) is 5.32 Å². The van der Waals surface area contributed by atoms with Crippen LogP contribution in [-0.2, 0) is 19.9 Å². The first kappa shape index (κ1) is 23.3. The third-order valence-corrected chi connectivity index (χ3v) is 5.42. The molecule has 1 saturated heterocycles. The van der Waals surface area contributed by atoms with Crippen molar-refractivity contribution in [2.24, 2.45) is 5.73 Å². The second-order valence-electron chi connectivity index (χ2n) is 7.73. The Hall–Kier alpha value is -4.41. The highest BCUT2D eigenvalue weighted by Crippen LogP contribution is 2.35. The summed E-state index contributed by atoms with van der Waals surface area (Å²) < 4.78 is 0. The monoisotopic (exact) mass is 453 g/mol. The number of amides is 4. The number of imide groups is 1. The summed E-state index contributed by atoms with van der Waals surface area (Å²) in [5.74, 6) is -3.00. The fraction of sp³-hybridized carbons (Fsp3) is 0.227. The maximum Gasteiger partial charge on any atom is 0.344 e. The first-order valence-corrected chi connectivity index (χ1v) is 9.87. The van der Waals surface area contributed by atoms with Crippen LogP contribution in [0.3, 0.4) is 0 Å². The summed E-state index contributed by atoms with van der Waals surface area (Å²) in [6.07, 6.45) is -0.592. The van der Waals surface area contributed by atoms with Crippen LogP contribution in [0.5, 0.6) is 5.75 Å². The van der Waals surface area contributed by atoms with Crippen molar-refractivity contribution in [1.29, 1.82) is 5.41 Å². The highest BCUT2D eigenvalue weighted by atomic mass is 16.4. The topological polar surface area (TPSA) is 177 Å². The van der Waals surface area contributed by atoms with Crippen molar-refractivity contribution in [3.8, 4) is 5.75 Å². The molecule has 1 aliphatic heterocycles. The summed E-state index contributed by atoms with van der Waals surface area (Å²) in [7, 11) is 0. The van der Waals surface area contributed by atoms with Gasteiger partial charge in [-0.15, -0.1) is 0 Å². The van der Waals surface area contributed by atoms with Gasteiger partial charge in [0.05, 0.1) is 12.5 Å². The summed E-state index contributed by atoms with van der Waals surface area (Å²) >= 11 is 0. The number of phenolic OH excluding ortho intramolecular Hbond substituents is 1. The van der Waals surface area contributed by atoms with Crippen LogP contribution in [0.1, 0.15) is 43.0 Å². The number of phenols is 1. The van der Waals surface area contributed by atoms with E-state index in [1.54, 1.807) is 0 Å². The number of carbonyl (C=O) groups is 4. The van der Waals surface area contributed by atoms with Gasteiger partial charge in [-0.05, 0) is 30.2 Å². The number of hydrogen-bond donors (Lipinski definition) is 5. The van der Waals surface area contributed by atoms with Gasteiger partial charge in [-0.3, -0.25) is 19.8 Å². The number of carboxylic acids is 1. The van der Waals surface area contributed by atoms with Gasteiger partial charge in [-0.1, -0.05) is 36.4 Å². The molecule has 2 atom stereocenters. The third kappa shape index (κ3) is 4.33. The molecule has 0 aliphatic carbocycles. The first-order valence-electron chi connectivity index (χ1n) is 9.87. The number of urea groups is 1. The summed E-state index contributed by atoms with van der Waals surface area (Å²) in [4.78, 5) is 50.6. The van der Waals surface area contributed by atoms with E-state index in [-0.39, 0.29) is 11.6 Å². The molecule has 0 unspecified atom stereocenters. The molecule has 2 aromatic carbocycles. The molecule has 0 bridgehead atoms. The summed E-state index contributed by atoms with van der Waals surface area (Å²) in [5.41, 5.74) is 5.03. The van der Waals surface area contributed by atoms with E-state index in [4.69, 9.17) is 11.1 Å². The van der Waals surface area contributed by atoms with Crippen LogP contribution in [0, 0.1) is 5.41 Å². The number of benzene rings is 2. The largest absolute Gasteiger partial charge is 0.508 e. The Morgan fingerprint density at radius 3 is 2.21 bits per heavy atom. The maximum absolute atomic E-state index is 13.5. The molecule has 0 saturated carbocycles. The molecule has 0 aromatic heterocycles. The molecule has 172 valence electrons. The van der Waals surface area contributed by atoms with Crippen molar-refractivity contribution >= 4 is 29.7 Å². The minimum absolute atomic E-state index is 0.0706. The van der Waals surface area contributed by atoms with Crippen molar-refractivity contribution in [2.45, 2.75) is 31.8 Å². The second kappa shape index (κ2) is 8.61. The number of carboxylic acid groups (broad SMARTS) is 1. The highest BCUT2D eigenvalue weighted by Gasteiger charge is 2.53. The average Bonchev–Trinajstić information content (AvgIpc) is 2.97. The first-order chi connectivity index (χ1) is 15.5. The molecule has 2 aromatic rings. The minimum atomic E-state index is -1.55. The van der Waals surface area contributed by atoms with Crippen LogP contribution in [0.25, 0.3) is 0 Å². The molecule has 11 nitrogen and oxygen atoms in total. The fourth-order valence-corrected chi connectivity index (χ4v) is 3.71. The quantitative estimate of drug-likeness (QED) is 0.239. The lowest BCUT2D eigenvalue weighted by Crippen LogP contribution is -2.52. The Kier molecular flexibility index (Phi) is 6.07. The van der Waals surface area contributed by atoms with E-state index in [0.717, 1.165) is 11.9 Å². The van der Waals surface area contributed by atoms with Crippen molar-refractivity contribution in [1.82, 2.24) is 15.3 Å². The number of rotatable bonds is 7. The van der Waals surface area contributed by atoms with Crippen LogP contribution >= 0.6 is 0 Å². The Morgan fingerprint density at radius 1 is 1.15 bits per heavy atom. The third-order valence-electron chi connectivity index (χ3n) is 5.42. The maximum atomic E-state index is 13.5. The Labute approximate surface area is 188 Å². The number of nitrogens with one attached hydrogen (secondary N) is 2. The number of aliphatic carboxylic acids is 1. The average molecular weight is 453 g/mol. The van der Waals surface area contributed by atoms with Crippen LogP contribution in [0.15, 0.2) is 48.5 Å². The zero-order chi connectivity index (χ0) is 24.5. The Morgan fingerprint density at radius 2 is 1.73 bits per heavy atom. The second-order valence-corrected chi connectivity index (χ2v) is 7.73.